The topological polar surface area (TPSA) is 56.8 Å². The molecule has 1 N–H and O–H groups in total. The monoisotopic (exact) mass is 293 g/mol. The predicted octanol–water partition coefficient (Wildman–Crippen LogP) is 2.45. The molecule has 0 saturated heterocycles. The van der Waals surface area contributed by atoms with Gasteiger partial charge in [0.2, 0.25) is 0 Å². The van der Waals surface area contributed by atoms with Gasteiger partial charge >= 0.3 is 5.97 Å². The summed E-state index contributed by atoms with van der Waals surface area (Å²) in [6.45, 7) is 7.04. The SMILES string of the molecule is CCNC1CC(C)(C)Oc2cc(OCC(=O)OC)ccc21. The Kier molecular flexibility index (Phi) is 4.73. The summed E-state index contributed by atoms with van der Waals surface area (Å²) in [5.74, 6) is 1.01. The molecule has 0 fully saturated rings. The normalized spacial score (nSPS) is 19.3. The number of nitrogens with one attached hydrogen (secondary N) is 1. The Morgan fingerprint density at radius 2 is 2.24 bits per heavy atom. The van der Waals surface area contributed by atoms with Crippen LogP contribution in [0, 0.1) is 0 Å². The van der Waals surface area contributed by atoms with Crippen molar-refractivity contribution in [1.82, 2.24) is 5.32 Å². The number of benzene rings is 1. The number of methoxy groups -OCH3 is 1. The van der Waals surface area contributed by atoms with Crippen LogP contribution < -0.4 is 14.8 Å². The van der Waals surface area contributed by atoms with Crippen molar-refractivity contribution in [3.63, 3.8) is 0 Å². The predicted molar refractivity (Wildman–Crippen MR) is 79.7 cm³/mol. The van der Waals surface area contributed by atoms with E-state index in [4.69, 9.17) is 9.47 Å². The van der Waals surface area contributed by atoms with E-state index in [1.54, 1.807) is 0 Å². The lowest BCUT2D eigenvalue weighted by atomic mass is 9.89. The molecule has 0 saturated carbocycles. The van der Waals surface area contributed by atoms with Gasteiger partial charge in [0.05, 0.1) is 7.11 Å². The molecule has 0 bridgehead atoms. The second-order valence-electron chi connectivity index (χ2n) is 5.74. The minimum Gasteiger partial charge on any atom is -0.487 e. The quantitative estimate of drug-likeness (QED) is 0.845. The minimum absolute atomic E-state index is 0.102. The van der Waals surface area contributed by atoms with Gasteiger partial charge in [0, 0.05) is 24.1 Å². The van der Waals surface area contributed by atoms with Gasteiger partial charge in [-0.15, -0.1) is 0 Å². The van der Waals surface area contributed by atoms with Crippen molar-refractivity contribution in [2.45, 2.75) is 38.8 Å². The summed E-state index contributed by atoms with van der Waals surface area (Å²) < 4.78 is 16.0. The number of ether oxygens (including phenoxy) is 3. The lowest BCUT2D eigenvalue weighted by molar-refractivity contribution is -0.142. The number of rotatable bonds is 5. The van der Waals surface area contributed by atoms with E-state index < -0.39 is 5.97 Å². The maximum absolute atomic E-state index is 11.1. The van der Waals surface area contributed by atoms with Crippen molar-refractivity contribution in [1.29, 1.82) is 0 Å². The van der Waals surface area contributed by atoms with Crippen molar-refractivity contribution in [3.05, 3.63) is 23.8 Å². The molecule has 1 atom stereocenters. The number of hydrogen-bond donors (Lipinski definition) is 1. The molecule has 5 nitrogen and oxygen atoms in total. The molecule has 21 heavy (non-hydrogen) atoms. The number of hydrogen-bond acceptors (Lipinski definition) is 5. The molecule has 1 aromatic rings. The summed E-state index contributed by atoms with van der Waals surface area (Å²) in [6.07, 6.45) is 0.913. The highest BCUT2D eigenvalue weighted by Gasteiger charge is 2.33. The highest BCUT2D eigenvalue weighted by atomic mass is 16.6. The zero-order chi connectivity index (χ0) is 15.5. The Morgan fingerprint density at radius 3 is 2.90 bits per heavy atom. The maximum atomic E-state index is 11.1. The molecule has 0 aromatic heterocycles. The highest BCUT2D eigenvalue weighted by Crippen LogP contribution is 2.41. The van der Waals surface area contributed by atoms with Crippen molar-refractivity contribution in [3.8, 4) is 11.5 Å². The lowest BCUT2D eigenvalue weighted by Gasteiger charge is -2.38. The maximum Gasteiger partial charge on any atom is 0.343 e. The van der Waals surface area contributed by atoms with Gasteiger partial charge in [-0.3, -0.25) is 0 Å². The van der Waals surface area contributed by atoms with Crippen molar-refractivity contribution < 1.29 is 19.0 Å². The van der Waals surface area contributed by atoms with E-state index in [1.165, 1.54) is 7.11 Å². The Hall–Kier alpha value is -1.75. The van der Waals surface area contributed by atoms with Gasteiger partial charge in [0.1, 0.15) is 17.1 Å². The first-order valence-electron chi connectivity index (χ1n) is 7.21. The van der Waals surface area contributed by atoms with E-state index in [9.17, 15) is 4.79 Å². The van der Waals surface area contributed by atoms with Gasteiger partial charge in [-0.1, -0.05) is 13.0 Å². The fourth-order valence-electron chi connectivity index (χ4n) is 2.55. The molecule has 116 valence electrons. The number of fused-ring (bicyclic) bond motifs is 1. The third kappa shape index (κ3) is 3.88. The van der Waals surface area contributed by atoms with Crippen LogP contribution in [0.1, 0.15) is 38.8 Å². The van der Waals surface area contributed by atoms with Crippen molar-refractivity contribution in [2.75, 3.05) is 20.3 Å². The Balaban J connectivity index is 2.19. The molecule has 5 heteroatoms. The molecule has 0 radical (unpaired) electrons. The smallest absolute Gasteiger partial charge is 0.343 e. The zero-order valence-electron chi connectivity index (χ0n) is 13.1. The van der Waals surface area contributed by atoms with Crippen LogP contribution in [0.25, 0.3) is 0 Å². The summed E-state index contributed by atoms with van der Waals surface area (Å²) in [6, 6.07) is 5.95. The second-order valence-corrected chi connectivity index (χ2v) is 5.74. The summed E-state index contributed by atoms with van der Waals surface area (Å²) in [5, 5.41) is 3.48. The second kappa shape index (κ2) is 6.35. The highest BCUT2D eigenvalue weighted by molar-refractivity contribution is 5.70. The van der Waals surface area contributed by atoms with E-state index in [0.717, 1.165) is 24.3 Å². The summed E-state index contributed by atoms with van der Waals surface area (Å²) in [4.78, 5) is 11.1. The van der Waals surface area contributed by atoms with E-state index in [-0.39, 0.29) is 18.2 Å². The number of carbonyl (C=O) groups excluding carboxylic acids is 1. The van der Waals surface area contributed by atoms with Crippen LogP contribution in [0.15, 0.2) is 18.2 Å². The van der Waals surface area contributed by atoms with Crippen molar-refractivity contribution >= 4 is 5.97 Å². The third-order valence-electron chi connectivity index (χ3n) is 3.48. The van der Waals surface area contributed by atoms with Crippen LogP contribution in [0.4, 0.5) is 0 Å². The average molecular weight is 293 g/mol. The largest absolute Gasteiger partial charge is 0.487 e. The van der Waals surface area contributed by atoms with Crippen LogP contribution in [0.5, 0.6) is 11.5 Å². The third-order valence-corrected chi connectivity index (χ3v) is 3.48. The fourth-order valence-corrected chi connectivity index (χ4v) is 2.55. The van der Waals surface area contributed by atoms with Gasteiger partial charge in [-0.2, -0.15) is 0 Å². The van der Waals surface area contributed by atoms with Crippen LogP contribution >= 0.6 is 0 Å². The first kappa shape index (κ1) is 15.6. The van der Waals surface area contributed by atoms with E-state index in [1.807, 2.05) is 18.2 Å². The molecule has 1 aliphatic rings. The molecular weight excluding hydrogens is 270 g/mol. The molecule has 1 aliphatic heterocycles. The molecule has 0 amide bonds. The molecule has 2 rings (SSSR count). The van der Waals surface area contributed by atoms with Gasteiger partial charge in [0.25, 0.3) is 0 Å². The lowest BCUT2D eigenvalue weighted by Crippen LogP contribution is -2.39. The fraction of sp³-hybridized carbons (Fsp3) is 0.562. The standard InChI is InChI=1S/C16H23NO4/c1-5-17-13-9-16(2,3)21-14-8-11(6-7-12(13)14)20-10-15(18)19-4/h6-8,13,17H,5,9-10H2,1-4H3. The Morgan fingerprint density at radius 1 is 1.48 bits per heavy atom. The van der Waals surface area contributed by atoms with E-state index >= 15 is 0 Å². The molecule has 1 aromatic carbocycles. The Bertz CT molecular complexity index is 513. The van der Waals surface area contributed by atoms with Crippen molar-refractivity contribution in [2.24, 2.45) is 0 Å². The van der Waals surface area contributed by atoms with Gasteiger partial charge in [-0.05, 0) is 26.5 Å². The van der Waals surface area contributed by atoms with E-state index in [2.05, 4.69) is 30.8 Å². The average Bonchev–Trinajstić information content (AvgIpc) is 2.43. The van der Waals surface area contributed by atoms with Gasteiger partial charge in [0.15, 0.2) is 6.61 Å². The summed E-state index contributed by atoms with van der Waals surface area (Å²) in [5.41, 5.74) is 0.891. The molecule has 1 heterocycles. The summed E-state index contributed by atoms with van der Waals surface area (Å²) >= 11 is 0. The number of carbonyl (C=O) groups is 1. The summed E-state index contributed by atoms with van der Waals surface area (Å²) in [7, 11) is 1.34. The van der Waals surface area contributed by atoms with Crippen LogP contribution in [-0.4, -0.2) is 31.8 Å². The molecular formula is C16H23NO4. The molecule has 0 spiro atoms. The van der Waals surface area contributed by atoms with Gasteiger partial charge < -0.3 is 19.5 Å². The zero-order valence-corrected chi connectivity index (χ0v) is 13.1. The van der Waals surface area contributed by atoms with Crippen LogP contribution in [-0.2, 0) is 9.53 Å². The van der Waals surface area contributed by atoms with Crippen LogP contribution in [0.3, 0.4) is 0 Å². The number of esters is 1. The minimum atomic E-state index is -0.403. The Labute approximate surface area is 125 Å². The van der Waals surface area contributed by atoms with E-state index in [0.29, 0.717) is 5.75 Å². The van der Waals surface area contributed by atoms with Crippen LogP contribution in [0.2, 0.25) is 0 Å². The molecule has 1 unspecified atom stereocenters. The first-order valence-corrected chi connectivity index (χ1v) is 7.21. The first-order chi connectivity index (χ1) is 9.95. The molecule has 0 aliphatic carbocycles. The van der Waals surface area contributed by atoms with Gasteiger partial charge in [-0.25, -0.2) is 4.79 Å².